The first kappa shape index (κ1) is 68.9. The van der Waals surface area contributed by atoms with Crippen molar-refractivity contribution >= 4 is 162 Å². The molecule has 26 rings (SSSR count). The Morgan fingerprint density at radius 1 is 0.189 bits per heavy atom. The smallest absolute Gasteiger partial charge is 0.164 e. The predicted molar refractivity (Wildman–Crippen MR) is 505 cm³/mol. The summed E-state index contributed by atoms with van der Waals surface area (Å²) in [5, 5.41) is 18.8. The van der Waals surface area contributed by atoms with Crippen molar-refractivity contribution in [1.29, 1.82) is 0 Å². The molecule has 8 aromatic heterocycles. The van der Waals surface area contributed by atoms with Crippen LogP contribution in [0.1, 0.15) is 0 Å². The zero-order valence-corrected chi connectivity index (χ0v) is 66.2. The lowest BCUT2D eigenvalue weighted by molar-refractivity contribution is 0.669. The lowest BCUT2D eigenvalue weighted by Gasteiger charge is -2.13. The SMILES string of the molecule is c1ccc(-c2nc(-c3ccccc3)nc(-c3cc4oc5ccc(-n6c7ccccc7c7cc8c9ccccc9n(-c9ccccc9)c8cc76)cc5c4c4ccccc34)n2)cc1.c1ccc(-c2nc(-c3ccccc3)nc(-c3cc4sc5ccc(-n6c7ccccc7c7ccc8c9ccccc9n(-c9ccccc9)c8c76)cc5c4c4ccccc34)n2)cc1. The van der Waals surface area contributed by atoms with Crippen LogP contribution in [0.2, 0.25) is 0 Å². The Morgan fingerprint density at radius 2 is 0.533 bits per heavy atom. The van der Waals surface area contributed by atoms with Crippen molar-refractivity contribution in [3.05, 3.63) is 400 Å². The first-order chi connectivity index (χ1) is 60.5. The van der Waals surface area contributed by atoms with E-state index in [0.717, 1.165) is 105 Å². The minimum absolute atomic E-state index is 0.594. The molecule has 0 aliphatic heterocycles. The zero-order chi connectivity index (χ0) is 80.0. The van der Waals surface area contributed by atoms with Crippen molar-refractivity contribution < 1.29 is 4.42 Å². The van der Waals surface area contributed by atoms with Crippen molar-refractivity contribution in [2.75, 3.05) is 0 Å². The van der Waals surface area contributed by atoms with Gasteiger partial charge in [0.25, 0.3) is 0 Å². The molecule has 568 valence electrons. The predicted octanol–water partition coefficient (Wildman–Crippen LogP) is 28.7. The molecule has 8 heterocycles. The van der Waals surface area contributed by atoms with E-state index in [-0.39, 0.29) is 0 Å². The maximum absolute atomic E-state index is 6.77. The average molecular weight is 1580 g/mol. The zero-order valence-electron chi connectivity index (χ0n) is 65.4. The van der Waals surface area contributed by atoms with Crippen LogP contribution in [0.25, 0.3) is 242 Å². The molecular weight excluding hydrogens is 1510 g/mol. The van der Waals surface area contributed by atoms with Crippen LogP contribution in [0.4, 0.5) is 0 Å². The number of furan rings is 1. The van der Waals surface area contributed by atoms with E-state index in [0.29, 0.717) is 34.9 Å². The van der Waals surface area contributed by atoms with Crippen molar-refractivity contribution in [2.24, 2.45) is 0 Å². The van der Waals surface area contributed by atoms with Gasteiger partial charge in [-0.25, -0.2) is 29.9 Å². The van der Waals surface area contributed by atoms with E-state index in [2.05, 4.69) is 322 Å². The van der Waals surface area contributed by atoms with Gasteiger partial charge in [-0.1, -0.05) is 291 Å². The fourth-order valence-corrected chi connectivity index (χ4v) is 20.1. The van der Waals surface area contributed by atoms with Gasteiger partial charge < -0.3 is 22.7 Å². The van der Waals surface area contributed by atoms with Gasteiger partial charge in [0.05, 0.1) is 44.1 Å². The van der Waals surface area contributed by atoms with Crippen molar-refractivity contribution in [1.82, 2.24) is 48.2 Å². The molecular formula is C110H66N10OS. The molecule has 0 saturated heterocycles. The van der Waals surface area contributed by atoms with Gasteiger partial charge in [0.1, 0.15) is 11.2 Å². The number of hydrogen-bond acceptors (Lipinski definition) is 8. The van der Waals surface area contributed by atoms with E-state index in [1.54, 1.807) is 0 Å². The van der Waals surface area contributed by atoms with Crippen LogP contribution in [0.15, 0.2) is 405 Å². The molecule has 18 aromatic carbocycles. The molecule has 0 aliphatic carbocycles. The van der Waals surface area contributed by atoms with Crippen LogP contribution in [-0.4, -0.2) is 48.2 Å². The Kier molecular flexibility index (Phi) is 15.6. The number of aromatic nitrogens is 10. The van der Waals surface area contributed by atoms with E-state index in [9.17, 15) is 0 Å². The number of hydrogen-bond donors (Lipinski definition) is 0. The van der Waals surface area contributed by atoms with E-state index in [4.69, 9.17) is 34.3 Å². The highest BCUT2D eigenvalue weighted by atomic mass is 32.1. The van der Waals surface area contributed by atoms with Gasteiger partial charge in [-0.15, -0.1) is 11.3 Å². The molecule has 0 aliphatic rings. The summed E-state index contributed by atoms with van der Waals surface area (Å²) >= 11 is 1.82. The second-order valence-electron chi connectivity index (χ2n) is 31.2. The Hall–Kier alpha value is -16.3. The first-order valence-corrected chi connectivity index (χ1v) is 41.9. The van der Waals surface area contributed by atoms with Crippen LogP contribution in [0.5, 0.6) is 0 Å². The molecule has 0 amide bonds. The quantitative estimate of drug-likeness (QED) is 0.134. The van der Waals surface area contributed by atoms with Gasteiger partial charge in [0.2, 0.25) is 0 Å². The molecule has 0 atom stereocenters. The number of para-hydroxylation sites is 6. The summed E-state index contributed by atoms with van der Waals surface area (Å²) in [7, 11) is 0. The van der Waals surface area contributed by atoms with Crippen molar-refractivity contribution in [3.8, 4) is 91.1 Å². The maximum Gasteiger partial charge on any atom is 0.164 e. The van der Waals surface area contributed by atoms with E-state index < -0.39 is 0 Å². The van der Waals surface area contributed by atoms with Crippen LogP contribution in [0.3, 0.4) is 0 Å². The summed E-state index contributed by atoms with van der Waals surface area (Å²) in [5.74, 6) is 3.80. The third-order valence-corrected chi connectivity index (χ3v) is 25.4. The molecule has 122 heavy (non-hydrogen) atoms. The Bertz CT molecular complexity index is 8640. The minimum atomic E-state index is 0.594. The normalized spacial score (nSPS) is 11.9. The summed E-state index contributed by atoms with van der Waals surface area (Å²) in [6.45, 7) is 0. The van der Waals surface area contributed by atoms with Crippen LogP contribution in [-0.2, 0) is 0 Å². The van der Waals surface area contributed by atoms with E-state index in [1.165, 1.54) is 102 Å². The van der Waals surface area contributed by atoms with Crippen molar-refractivity contribution in [3.63, 3.8) is 0 Å². The number of fused-ring (bicyclic) bond motifs is 23. The Labute approximate surface area is 701 Å². The van der Waals surface area contributed by atoms with Crippen molar-refractivity contribution in [2.45, 2.75) is 0 Å². The van der Waals surface area contributed by atoms with Gasteiger partial charge in [-0.2, -0.15) is 0 Å². The molecule has 0 unspecified atom stereocenters. The number of benzene rings is 18. The summed E-state index contributed by atoms with van der Waals surface area (Å²) < 4.78 is 18.9. The monoisotopic (exact) mass is 1570 g/mol. The van der Waals surface area contributed by atoms with Crippen LogP contribution in [0, 0.1) is 0 Å². The summed E-state index contributed by atoms with van der Waals surface area (Å²) in [5.41, 5.74) is 21.1. The van der Waals surface area contributed by atoms with Gasteiger partial charge in [0, 0.05) is 130 Å². The molecule has 26 aromatic rings. The molecule has 11 nitrogen and oxygen atoms in total. The molecule has 0 N–H and O–H groups in total. The van der Waals surface area contributed by atoms with E-state index in [1.807, 2.05) is 108 Å². The van der Waals surface area contributed by atoms with Crippen LogP contribution < -0.4 is 0 Å². The largest absolute Gasteiger partial charge is 0.456 e. The van der Waals surface area contributed by atoms with Crippen LogP contribution >= 0.6 is 11.3 Å². The second kappa shape index (κ2) is 27.7. The van der Waals surface area contributed by atoms with Gasteiger partial charge in [-0.3, -0.25) is 0 Å². The minimum Gasteiger partial charge on any atom is -0.456 e. The number of rotatable bonds is 10. The molecule has 12 heteroatoms. The third-order valence-electron chi connectivity index (χ3n) is 24.3. The number of thiophene rings is 1. The summed E-state index contributed by atoms with van der Waals surface area (Å²) in [6.07, 6.45) is 0. The lowest BCUT2D eigenvalue weighted by atomic mass is 9.98. The molecule has 0 fully saturated rings. The molecule has 0 bridgehead atoms. The summed E-state index contributed by atoms with van der Waals surface area (Å²) in [6, 6.07) is 142. The maximum atomic E-state index is 6.77. The average Bonchev–Trinajstić information content (AvgIpc) is 1.54. The van der Waals surface area contributed by atoms with Gasteiger partial charge in [-0.05, 0) is 131 Å². The Balaban J connectivity index is 0.000000134. The molecule has 0 radical (unpaired) electrons. The highest BCUT2D eigenvalue weighted by Crippen LogP contribution is 2.49. The fraction of sp³-hybridized carbons (Fsp3) is 0. The molecule has 0 saturated carbocycles. The van der Waals surface area contributed by atoms with Gasteiger partial charge >= 0.3 is 0 Å². The molecule has 0 spiro atoms. The highest BCUT2D eigenvalue weighted by molar-refractivity contribution is 7.26. The van der Waals surface area contributed by atoms with E-state index >= 15 is 0 Å². The fourth-order valence-electron chi connectivity index (χ4n) is 18.9. The first-order valence-electron chi connectivity index (χ1n) is 41.1. The highest BCUT2D eigenvalue weighted by Gasteiger charge is 2.27. The second-order valence-corrected chi connectivity index (χ2v) is 32.2. The standard InChI is InChI=1S/C55H33N5O.C55H33N5S/c1-4-16-34(17-5-1)53-56-54(35-18-6-2-7-19-35)58-55(57-53)44-32-51-52(41-25-11-10-22-38(41)44)45-30-37(28-29-50(45)61-51)60-47-27-15-13-24-40(47)43-31-42-39-23-12-14-26-46(39)59(48(42)33-49(43)60)36-20-8-3-9-21-36;1-4-16-34(17-5-1)53-56-54(35-18-6-2-7-19-35)58-55(57-53)44-33-49-50(41-25-11-10-22-38(41)44)45-32-37(28-31-48(45)61-49)60-47-27-15-13-24-40(47)43-30-29-42-39-23-12-14-26-46(39)59(51(42)52(43)60)36-20-8-3-9-21-36/h2*1-33H. The summed E-state index contributed by atoms with van der Waals surface area (Å²) in [4.78, 5) is 30.5. The van der Waals surface area contributed by atoms with Gasteiger partial charge in [0.15, 0.2) is 34.9 Å². The lowest BCUT2D eigenvalue weighted by Crippen LogP contribution is -2.00. The topological polar surface area (TPSA) is 110 Å². The number of nitrogens with zero attached hydrogens (tertiary/aromatic N) is 10. The Morgan fingerprint density at radius 3 is 1.01 bits per heavy atom. The third kappa shape index (κ3) is 10.9.